The van der Waals surface area contributed by atoms with Crippen LogP contribution < -0.4 is 10.3 Å². The van der Waals surface area contributed by atoms with Crippen molar-refractivity contribution in [2.45, 2.75) is 57.7 Å². The highest BCUT2D eigenvalue weighted by Crippen LogP contribution is 2.28. The molecule has 1 aliphatic heterocycles. The van der Waals surface area contributed by atoms with E-state index in [1.54, 1.807) is 10.6 Å². The van der Waals surface area contributed by atoms with E-state index in [0.29, 0.717) is 12.4 Å². The average Bonchev–Trinajstić information content (AvgIpc) is 2.63. The fourth-order valence-electron chi connectivity index (χ4n) is 3.85. The molecule has 0 unspecified atom stereocenters. The molecule has 26 heavy (non-hydrogen) atoms. The molecule has 2 aliphatic rings. The smallest absolute Gasteiger partial charge is 0.250 e. The van der Waals surface area contributed by atoms with Crippen LogP contribution >= 0.6 is 0 Å². The molecule has 3 heterocycles. The highest BCUT2D eigenvalue weighted by atomic mass is 16.5. The lowest BCUT2D eigenvalue weighted by Gasteiger charge is -2.41. The molecule has 4 rings (SSSR count). The molecule has 0 atom stereocenters. The molecular formula is C21H27N3O2. The summed E-state index contributed by atoms with van der Waals surface area (Å²) in [5.41, 5.74) is 2.02. The third-order valence-electron chi connectivity index (χ3n) is 5.75. The summed E-state index contributed by atoms with van der Waals surface area (Å²) in [5, 5.41) is 0. The fourth-order valence-corrected chi connectivity index (χ4v) is 3.85. The molecule has 5 heteroatoms. The van der Waals surface area contributed by atoms with Crippen LogP contribution in [0.2, 0.25) is 0 Å². The molecule has 1 saturated carbocycles. The second-order valence-corrected chi connectivity index (χ2v) is 7.37. The number of nitrogens with zero attached hydrogens (tertiary/aromatic N) is 3. The number of aromatic nitrogens is 2. The van der Waals surface area contributed by atoms with E-state index in [9.17, 15) is 4.79 Å². The fraction of sp³-hybridized carbons (Fsp3) is 0.524. The van der Waals surface area contributed by atoms with Crippen molar-refractivity contribution in [2.24, 2.45) is 0 Å². The van der Waals surface area contributed by atoms with Crippen molar-refractivity contribution in [1.29, 1.82) is 0 Å². The first-order chi connectivity index (χ1) is 12.7. The van der Waals surface area contributed by atoms with Crippen LogP contribution in [0, 0.1) is 0 Å². The highest BCUT2D eigenvalue weighted by Gasteiger charge is 2.29. The van der Waals surface area contributed by atoms with E-state index in [1.165, 1.54) is 19.3 Å². The van der Waals surface area contributed by atoms with Crippen LogP contribution in [0.5, 0.6) is 5.88 Å². The van der Waals surface area contributed by atoms with Crippen molar-refractivity contribution in [3.05, 3.63) is 47.0 Å². The minimum Gasteiger partial charge on any atom is -0.474 e. The summed E-state index contributed by atoms with van der Waals surface area (Å²) >= 11 is 0. The Balaban J connectivity index is 1.36. The largest absolute Gasteiger partial charge is 0.474 e. The Morgan fingerprint density at radius 2 is 1.85 bits per heavy atom. The number of pyridine rings is 2. The van der Waals surface area contributed by atoms with Gasteiger partial charge in [-0.1, -0.05) is 6.42 Å². The number of likely N-dealkylation sites (tertiary alicyclic amines) is 1. The van der Waals surface area contributed by atoms with Crippen LogP contribution in [-0.4, -0.2) is 39.7 Å². The van der Waals surface area contributed by atoms with E-state index in [1.807, 2.05) is 37.5 Å². The van der Waals surface area contributed by atoms with Gasteiger partial charge in [0.1, 0.15) is 6.10 Å². The average molecular weight is 353 g/mol. The van der Waals surface area contributed by atoms with Gasteiger partial charge in [0.15, 0.2) is 0 Å². The SMILES string of the molecule is CCn1cc(-c2ccc(OC3CCN(C4CCC4)CC3)nc2)ccc1=O. The van der Waals surface area contributed by atoms with Crippen LogP contribution in [0.25, 0.3) is 11.1 Å². The minimum absolute atomic E-state index is 0.0254. The summed E-state index contributed by atoms with van der Waals surface area (Å²) in [7, 11) is 0. The molecule has 0 amide bonds. The maximum atomic E-state index is 11.7. The van der Waals surface area contributed by atoms with E-state index < -0.39 is 0 Å². The molecule has 0 N–H and O–H groups in total. The maximum absolute atomic E-state index is 11.7. The Morgan fingerprint density at radius 3 is 2.46 bits per heavy atom. The van der Waals surface area contributed by atoms with Crippen molar-refractivity contribution in [1.82, 2.24) is 14.5 Å². The van der Waals surface area contributed by atoms with Crippen LogP contribution in [0.4, 0.5) is 0 Å². The Morgan fingerprint density at radius 1 is 1.08 bits per heavy atom. The zero-order chi connectivity index (χ0) is 17.9. The van der Waals surface area contributed by atoms with Gasteiger partial charge in [-0.3, -0.25) is 4.79 Å². The van der Waals surface area contributed by atoms with E-state index in [-0.39, 0.29) is 11.7 Å². The van der Waals surface area contributed by atoms with Gasteiger partial charge in [-0.05, 0) is 50.3 Å². The van der Waals surface area contributed by atoms with Crippen molar-refractivity contribution < 1.29 is 4.74 Å². The third kappa shape index (κ3) is 3.68. The van der Waals surface area contributed by atoms with Gasteiger partial charge in [0.2, 0.25) is 5.88 Å². The first-order valence-corrected chi connectivity index (χ1v) is 9.80. The number of piperidine rings is 1. The van der Waals surface area contributed by atoms with Gasteiger partial charge in [0, 0.05) is 55.8 Å². The van der Waals surface area contributed by atoms with Crippen molar-refractivity contribution >= 4 is 0 Å². The summed E-state index contributed by atoms with van der Waals surface area (Å²) in [5.74, 6) is 0.694. The molecule has 2 fully saturated rings. The van der Waals surface area contributed by atoms with Gasteiger partial charge in [-0.25, -0.2) is 4.98 Å². The molecule has 0 bridgehead atoms. The second kappa shape index (κ2) is 7.62. The Kier molecular flexibility index (Phi) is 5.07. The van der Waals surface area contributed by atoms with Crippen LogP contribution in [0.3, 0.4) is 0 Å². The van der Waals surface area contributed by atoms with Crippen molar-refractivity contribution in [2.75, 3.05) is 13.1 Å². The van der Waals surface area contributed by atoms with Crippen LogP contribution in [0.1, 0.15) is 39.0 Å². The number of hydrogen-bond acceptors (Lipinski definition) is 4. The van der Waals surface area contributed by atoms with Crippen LogP contribution in [0.15, 0.2) is 41.5 Å². The molecular weight excluding hydrogens is 326 g/mol. The third-order valence-corrected chi connectivity index (χ3v) is 5.75. The summed E-state index contributed by atoms with van der Waals surface area (Å²) in [6, 6.07) is 8.25. The van der Waals surface area contributed by atoms with Gasteiger partial charge < -0.3 is 14.2 Å². The molecule has 2 aromatic heterocycles. The second-order valence-electron chi connectivity index (χ2n) is 7.37. The van der Waals surface area contributed by atoms with E-state index in [0.717, 1.165) is 43.1 Å². The van der Waals surface area contributed by atoms with Gasteiger partial charge in [0.25, 0.3) is 5.56 Å². The topological polar surface area (TPSA) is 47.4 Å². The summed E-state index contributed by atoms with van der Waals surface area (Å²) < 4.78 is 7.80. The maximum Gasteiger partial charge on any atom is 0.250 e. The summed E-state index contributed by atoms with van der Waals surface area (Å²) in [6.07, 6.45) is 10.3. The minimum atomic E-state index is 0.0254. The number of hydrogen-bond donors (Lipinski definition) is 0. The molecule has 0 spiro atoms. The molecule has 1 saturated heterocycles. The zero-order valence-corrected chi connectivity index (χ0v) is 15.4. The van der Waals surface area contributed by atoms with E-state index in [4.69, 9.17) is 4.74 Å². The number of rotatable bonds is 5. The van der Waals surface area contributed by atoms with Gasteiger partial charge >= 0.3 is 0 Å². The van der Waals surface area contributed by atoms with E-state index in [2.05, 4.69) is 9.88 Å². The lowest BCUT2D eigenvalue weighted by Crippen LogP contribution is -2.46. The van der Waals surface area contributed by atoms with E-state index >= 15 is 0 Å². The highest BCUT2D eigenvalue weighted by molar-refractivity contribution is 5.61. The van der Waals surface area contributed by atoms with Gasteiger partial charge in [-0.15, -0.1) is 0 Å². The zero-order valence-electron chi connectivity index (χ0n) is 15.4. The van der Waals surface area contributed by atoms with Gasteiger partial charge in [0.05, 0.1) is 0 Å². The Labute approximate surface area is 154 Å². The molecule has 0 aromatic carbocycles. The van der Waals surface area contributed by atoms with Crippen molar-refractivity contribution in [3.63, 3.8) is 0 Å². The first-order valence-electron chi connectivity index (χ1n) is 9.80. The molecule has 138 valence electrons. The molecule has 1 aliphatic carbocycles. The normalized spacial score (nSPS) is 19.3. The summed E-state index contributed by atoms with van der Waals surface area (Å²) in [6.45, 7) is 4.93. The molecule has 5 nitrogen and oxygen atoms in total. The molecule has 0 radical (unpaired) electrons. The first kappa shape index (κ1) is 17.3. The van der Waals surface area contributed by atoms with Gasteiger partial charge in [-0.2, -0.15) is 0 Å². The standard InChI is InChI=1S/C21H27N3O2/c1-2-23-15-17(7-9-21(23)25)16-6-8-20(22-14-16)26-19-10-12-24(13-11-19)18-4-3-5-18/h6-9,14-15,18-19H,2-5,10-13H2,1H3. The number of aryl methyl sites for hydroxylation is 1. The predicted molar refractivity (Wildman–Crippen MR) is 102 cm³/mol. The number of ether oxygens (including phenoxy) is 1. The predicted octanol–water partition coefficient (Wildman–Crippen LogP) is 3.33. The lowest BCUT2D eigenvalue weighted by atomic mass is 9.90. The van der Waals surface area contributed by atoms with Crippen LogP contribution in [-0.2, 0) is 6.54 Å². The quantitative estimate of drug-likeness (QED) is 0.827. The monoisotopic (exact) mass is 353 g/mol. The summed E-state index contributed by atoms with van der Waals surface area (Å²) in [4.78, 5) is 18.8. The Bertz CT molecular complexity index is 788. The molecule has 2 aromatic rings. The van der Waals surface area contributed by atoms with Crippen molar-refractivity contribution in [3.8, 4) is 17.0 Å². The lowest BCUT2D eigenvalue weighted by molar-refractivity contribution is 0.0475. The Hall–Kier alpha value is -2.14.